The van der Waals surface area contributed by atoms with Gasteiger partial charge in [-0.05, 0) is 18.4 Å². The van der Waals surface area contributed by atoms with Crippen molar-refractivity contribution < 1.29 is 9.09 Å². The van der Waals surface area contributed by atoms with Crippen LogP contribution < -0.4 is 0 Å². The molecule has 92 valence electrons. The van der Waals surface area contributed by atoms with Gasteiger partial charge in [-0.1, -0.05) is 56.2 Å². The molecule has 1 saturated carbocycles. The van der Waals surface area contributed by atoms with E-state index in [9.17, 15) is 4.57 Å². The molecular formula is C14H19O2P. The first-order chi connectivity index (χ1) is 8.27. The summed E-state index contributed by atoms with van der Waals surface area (Å²) in [6, 6.07) is 9.65. The van der Waals surface area contributed by atoms with Crippen molar-refractivity contribution in [3.63, 3.8) is 0 Å². The summed E-state index contributed by atoms with van der Waals surface area (Å²) in [6.07, 6.45) is 5.92. The zero-order valence-corrected chi connectivity index (χ0v) is 11.0. The lowest BCUT2D eigenvalue weighted by molar-refractivity contribution is 0.169. The summed E-state index contributed by atoms with van der Waals surface area (Å²) in [4.78, 5) is 0. The van der Waals surface area contributed by atoms with E-state index < -0.39 is 8.03 Å². The first-order valence-electron chi connectivity index (χ1n) is 6.22. The Morgan fingerprint density at radius 1 is 1.18 bits per heavy atom. The number of rotatable bonds is 4. The summed E-state index contributed by atoms with van der Waals surface area (Å²) in [5, 5.41) is 0.640. The molecule has 1 fully saturated rings. The minimum atomic E-state index is -2.16. The summed E-state index contributed by atoms with van der Waals surface area (Å²) in [5.41, 5.74) is 0.923. The molecule has 0 N–H and O–H groups in total. The summed E-state index contributed by atoms with van der Waals surface area (Å²) in [5.74, 6) is 0. The van der Waals surface area contributed by atoms with Gasteiger partial charge >= 0.3 is 0 Å². The monoisotopic (exact) mass is 250 g/mol. The highest BCUT2D eigenvalue weighted by atomic mass is 31.1. The van der Waals surface area contributed by atoms with Gasteiger partial charge in [-0.15, -0.1) is 0 Å². The SMILES string of the molecule is C=C(c1ccccc1)[PH](=O)OC1CCCCC1. The lowest BCUT2D eigenvalue weighted by atomic mass is 9.98. The summed E-state index contributed by atoms with van der Waals surface area (Å²) in [7, 11) is -2.16. The van der Waals surface area contributed by atoms with Crippen LogP contribution in [0.25, 0.3) is 5.31 Å². The fourth-order valence-electron chi connectivity index (χ4n) is 2.16. The van der Waals surface area contributed by atoms with Crippen molar-refractivity contribution in [2.45, 2.75) is 38.2 Å². The largest absolute Gasteiger partial charge is 0.324 e. The molecule has 0 bridgehead atoms. The normalized spacial score (nSPS) is 18.8. The Labute approximate surface area is 104 Å². The molecule has 0 aliphatic heterocycles. The van der Waals surface area contributed by atoms with Gasteiger partial charge in [0, 0.05) is 5.31 Å². The van der Waals surface area contributed by atoms with Gasteiger partial charge in [0.2, 0.25) is 8.03 Å². The molecule has 1 aromatic rings. The predicted octanol–water partition coefficient (Wildman–Crippen LogP) is 4.48. The molecule has 2 rings (SSSR count). The van der Waals surface area contributed by atoms with Crippen molar-refractivity contribution in [2.75, 3.05) is 0 Å². The van der Waals surface area contributed by atoms with Gasteiger partial charge in [-0.2, -0.15) is 0 Å². The molecule has 0 spiro atoms. The van der Waals surface area contributed by atoms with Crippen molar-refractivity contribution >= 4 is 13.3 Å². The highest BCUT2D eigenvalue weighted by Crippen LogP contribution is 2.42. The second-order valence-electron chi connectivity index (χ2n) is 4.51. The quantitative estimate of drug-likeness (QED) is 0.736. The molecular weight excluding hydrogens is 231 g/mol. The zero-order chi connectivity index (χ0) is 12.1. The Hall–Kier alpha value is -0.850. The Kier molecular flexibility index (Phi) is 4.58. The van der Waals surface area contributed by atoms with Gasteiger partial charge in [0.15, 0.2) is 0 Å². The van der Waals surface area contributed by atoms with Crippen LogP contribution in [-0.4, -0.2) is 6.10 Å². The molecule has 0 amide bonds. The topological polar surface area (TPSA) is 26.3 Å². The molecule has 0 aromatic heterocycles. The maximum atomic E-state index is 12.1. The van der Waals surface area contributed by atoms with Crippen LogP contribution in [0.1, 0.15) is 37.7 Å². The van der Waals surface area contributed by atoms with Crippen LogP contribution in [-0.2, 0) is 9.09 Å². The molecule has 1 aliphatic carbocycles. The van der Waals surface area contributed by atoms with Crippen molar-refractivity contribution in [2.24, 2.45) is 0 Å². The van der Waals surface area contributed by atoms with Crippen LogP contribution in [0.15, 0.2) is 36.9 Å². The molecule has 1 unspecified atom stereocenters. The highest BCUT2D eigenvalue weighted by Gasteiger charge is 2.18. The van der Waals surface area contributed by atoms with Gasteiger partial charge < -0.3 is 4.52 Å². The fourth-order valence-corrected chi connectivity index (χ4v) is 3.25. The van der Waals surface area contributed by atoms with E-state index in [1.807, 2.05) is 30.3 Å². The van der Waals surface area contributed by atoms with Gasteiger partial charge in [-0.25, -0.2) is 0 Å². The minimum absolute atomic E-state index is 0.176. The molecule has 1 atom stereocenters. The van der Waals surface area contributed by atoms with Crippen molar-refractivity contribution in [1.29, 1.82) is 0 Å². The molecule has 0 heterocycles. The first-order valence-corrected chi connectivity index (χ1v) is 7.54. The summed E-state index contributed by atoms with van der Waals surface area (Å²) >= 11 is 0. The van der Waals surface area contributed by atoms with Crippen LogP contribution in [0.4, 0.5) is 0 Å². The first kappa shape index (κ1) is 12.6. The second kappa shape index (κ2) is 6.18. The van der Waals surface area contributed by atoms with Crippen LogP contribution in [0, 0.1) is 0 Å². The van der Waals surface area contributed by atoms with Crippen molar-refractivity contribution in [3.8, 4) is 0 Å². The zero-order valence-electron chi connectivity index (χ0n) is 10.0. The lowest BCUT2D eigenvalue weighted by Crippen LogP contribution is -2.13. The van der Waals surface area contributed by atoms with E-state index in [1.54, 1.807) is 0 Å². The Bertz CT molecular complexity index is 394. The van der Waals surface area contributed by atoms with Gasteiger partial charge in [0.1, 0.15) is 0 Å². The molecule has 2 nitrogen and oxygen atoms in total. The van der Waals surface area contributed by atoms with Gasteiger partial charge in [0.05, 0.1) is 6.10 Å². The molecule has 1 aliphatic rings. The average molecular weight is 250 g/mol. The summed E-state index contributed by atoms with van der Waals surface area (Å²) < 4.78 is 17.7. The summed E-state index contributed by atoms with van der Waals surface area (Å²) in [6.45, 7) is 3.90. The van der Waals surface area contributed by atoms with E-state index in [-0.39, 0.29) is 6.10 Å². The minimum Gasteiger partial charge on any atom is -0.324 e. The molecule has 17 heavy (non-hydrogen) atoms. The maximum absolute atomic E-state index is 12.1. The Morgan fingerprint density at radius 2 is 1.82 bits per heavy atom. The van der Waals surface area contributed by atoms with E-state index >= 15 is 0 Å². The Balaban J connectivity index is 1.93. The van der Waals surface area contributed by atoms with Gasteiger partial charge in [-0.3, -0.25) is 4.57 Å². The third kappa shape index (κ3) is 3.55. The number of hydrogen-bond donors (Lipinski definition) is 0. The van der Waals surface area contributed by atoms with E-state index in [0.717, 1.165) is 18.4 Å². The molecule has 3 heteroatoms. The average Bonchev–Trinajstić information content (AvgIpc) is 2.40. The number of benzene rings is 1. The van der Waals surface area contributed by atoms with Gasteiger partial charge in [0.25, 0.3) is 0 Å². The standard InChI is InChI=1S/C14H19O2P/c1-12(13-8-4-2-5-9-13)17(15)16-14-10-6-3-7-11-14/h2,4-5,8-9,14,17H,1,3,6-7,10-11H2. The van der Waals surface area contributed by atoms with E-state index in [2.05, 4.69) is 6.58 Å². The highest BCUT2D eigenvalue weighted by molar-refractivity contribution is 7.51. The lowest BCUT2D eigenvalue weighted by Gasteiger charge is -2.22. The molecule has 0 saturated heterocycles. The third-order valence-electron chi connectivity index (χ3n) is 3.19. The van der Waals surface area contributed by atoms with E-state index in [1.165, 1.54) is 19.3 Å². The van der Waals surface area contributed by atoms with Crippen LogP contribution in [0.5, 0.6) is 0 Å². The van der Waals surface area contributed by atoms with Crippen molar-refractivity contribution in [1.82, 2.24) is 0 Å². The fraction of sp³-hybridized carbons (Fsp3) is 0.429. The van der Waals surface area contributed by atoms with Crippen molar-refractivity contribution in [3.05, 3.63) is 42.5 Å². The van der Waals surface area contributed by atoms with Crippen LogP contribution in [0.2, 0.25) is 0 Å². The molecule has 1 aromatic carbocycles. The third-order valence-corrected chi connectivity index (χ3v) is 4.52. The molecule has 0 radical (unpaired) electrons. The Morgan fingerprint density at radius 3 is 2.47 bits per heavy atom. The second-order valence-corrected chi connectivity index (χ2v) is 5.92. The van der Waals surface area contributed by atoms with Crippen LogP contribution in [0.3, 0.4) is 0 Å². The predicted molar refractivity (Wildman–Crippen MR) is 72.4 cm³/mol. The van der Waals surface area contributed by atoms with Crippen LogP contribution >= 0.6 is 8.03 Å². The van der Waals surface area contributed by atoms with E-state index in [4.69, 9.17) is 4.52 Å². The number of hydrogen-bond acceptors (Lipinski definition) is 2. The maximum Gasteiger partial charge on any atom is 0.220 e. The van der Waals surface area contributed by atoms with E-state index in [0.29, 0.717) is 5.31 Å². The smallest absolute Gasteiger partial charge is 0.220 e.